The number of hydrogen-bond donors (Lipinski definition) is 1. The highest BCUT2D eigenvalue weighted by molar-refractivity contribution is 6.16. The van der Waals surface area contributed by atoms with E-state index in [1.54, 1.807) is 0 Å². The van der Waals surface area contributed by atoms with Crippen LogP contribution in [0.1, 0.15) is 33.4 Å². The van der Waals surface area contributed by atoms with Crippen LogP contribution in [0.3, 0.4) is 0 Å². The maximum absolute atomic E-state index is 6.92. The van der Waals surface area contributed by atoms with Gasteiger partial charge in [0.2, 0.25) is 0 Å². The second kappa shape index (κ2) is 12.3. The first-order valence-corrected chi connectivity index (χ1v) is 19.8. The first kappa shape index (κ1) is 33.5. The van der Waals surface area contributed by atoms with Gasteiger partial charge >= 0.3 is 0 Å². The van der Waals surface area contributed by atoms with E-state index in [9.17, 15) is 0 Å². The molecule has 0 aliphatic rings. The zero-order valence-electron chi connectivity index (χ0n) is 33.0. The third-order valence-corrected chi connectivity index (χ3v) is 12.2. The lowest BCUT2D eigenvalue weighted by molar-refractivity contribution is 0.670. The Kier molecular flexibility index (Phi) is 7.25. The number of rotatable bonds is 4. The van der Waals surface area contributed by atoms with Gasteiger partial charge in [-0.2, -0.15) is 0 Å². The third-order valence-electron chi connectivity index (χ3n) is 12.2. The van der Waals surface area contributed by atoms with Crippen molar-refractivity contribution >= 4 is 65.7 Å². The summed E-state index contributed by atoms with van der Waals surface area (Å²) in [7, 11) is 0. The molecule has 0 atom stereocenters. The van der Waals surface area contributed by atoms with Gasteiger partial charge in [-0.3, -0.25) is 0 Å². The zero-order valence-corrected chi connectivity index (χ0v) is 33.0. The summed E-state index contributed by atoms with van der Waals surface area (Å²) in [5.41, 5.74) is 22.7. The first-order chi connectivity index (χ1) is 27.7. The van der Waals surface area contributed by atoms with Crippen LogP contribution in [0.5, 0.6) is 0 Å². The van der Waals surface area contributed by atoms with Crippen LogP contribution in [-0.2, 0) is 0 Å². The summed E-state index contributed by atoms with van der Waals surface area (Å²) in [4.78, 5) is 3.69. The molecule has 0 aliphatic heterocycles. The highest BCUT2D eigenvalue weighted by atomic mass is 16.3. The van der Waals surface area contributed by atoms with E-state index in [0.717, 1.165) is 88.3 Å². The lowest BCUT2D eigenvalue weighted by Crippen LogP contribution is -1.90. The highest BCUT2D eigenvalue weighted by Gasteiger charge is 2.20. The summed E-state index contributed by atoms with van der Waals surface area (Å²) in [6.45, 7) is 13.1. The van der Waals surface area contributed by atoms with Gasteiger partial charge in [0.25, 0.3) is 0 Å². The van der Waals surface area contributed by atoms with Gasteiger partial charge in [-0.1, -0.05) is 120 Å². The minimum absolute atomic E-state index is 0.911. The van der Waals surface area contributed by atoms with Crippen molar-refractivity contribution in [1.29, 1.82) is 0 Å². The predicted octanol–water partition coefficient (Wildman–Crippen LogP) is 15.6. The number of hydrogen-bond acceptors (Lipinski definition) is 2. The fourth-order valence-electron chi connectivity index (χ4n) is 9.93. The molecule has 0 aliphatic carbocycles. The van der Waals surface area contributed by atoms with Crippen molar-refractivity contribution in [1.82, 2.24) is 4.98 Å². The molecule has 3 aromatic heterocycles. The molecule has 274 valence electrons. The van der Waals surface area contributed by atoms with Crippen molar-refractivity contribution in [3.05, 3.63) is 167 Å². The molecule has 11 aromatic rings. The molecule has 1 N–H and O–H groups in total. The van der Waals surface area contributed by atoms with Gasteiger partial charge in [0.1, 0.15) is 22.3 Å². The van der Waals surface area contributed by atoms with E-state index in [0.29, 0.717) is 0 Å². The average molecular weight is 736 g/mol. The summed E-state index contributed by atoms with van der Waals surface area (Å²) < 4.78 is 13.8. The number of benzene rings is 8. The van der Waals surface area contributed by atoms with Gasteiger partial charge in [-0.25, -0.2) is 0 Å². The van der Waals surface area contributed by atoms with Crippen molar-refractivity contribution in [3.8, 4) is 44.5 Å². The van der Waals surface area contributed by atoms with E-state index in [-0.39, 0.29) is 0 Å². The topological polar surface area (TPSA) is 42.1 Å². The molecule has 0 amide bonds. The fourth-order valence-corrected chi connectivity index (χ4v) is 9.93. The molecule has 3 nitrogen and oxygen atoms in total. The summed E-state index contributed by atoms with van der Waals surface area (Å²) in [5.74, 6) is 0. The maximum atomic E-state index is 6.92. The molecule has 0 spiro atoms. The Hall–Kier alpha value is -6.84. The molecular weight excluding hydrogens is 695 g/mol. The van der Waals surface area contributed by atoms with E-state index in [1.165, 1.54) is 55.3 Å². The van der Waals surface area contributed by atoms with Crippen LogP contribution in [0.2, 0.25) is 0 Å². The molecule has 0 saturated carbocycles. The van der Waals surface area contributed by atoms with Gasteiger partial charge in [0.05, 0.1) is 0 Å². The number of fused-ring (bicyclic) bond motifs is 9. The lowest BCUT2D eigenvalue weighted by Gasteiger charge is -2.12. The van der Waals surface area contributed by atoms with Crippen LogP contribution in [0, 0.1) is 41.5 Å². The standard InChI is InChI=1S/C54H41NO2/c1-29-23-31(3)49(32(4)24-29)43-17-9-15-41-39-13-7-11-37(51(39)56-53(41)43)35-19-21-47-45(27-35)46-28-36(20-22-48(46)55-47)38-12-8-14-40-42-16-10-18-44(54(42)57-52(38)40)50-33(5)25-30(2)26-34(50)6/h7-28,55H,1-6H3. The van der Waals surface area contributed by atoms with Gasteiger partial charge in [0.15, 0.2) is 0 Å². The SMILES string of the molecule is Cc1cc(C)c(-c2cccc3c2oc2c(-c4ccc5[nH]c6ccc(-c7cccc8c7oc7c(-c9c(C)cc(C)cc9C)cccc78)cc6c5c4)cccc23)c(C)c1. The summed E-state index contributed by atoms with van der Waals surface area (Å²) >= 11 is 0. The minimum Gasteiger partial charge on any atom is -0.455 e. The van der Waals surface area contributed by atoms with Crippen molar-refractivity contribution < 1.29 is 8.83 Å². The number of aryl methyl sites for hydroxylation is 6. The second-order valence-electron chi connectivity index (χ2n) is 16.1. The molecule has 0 unspecified atom stereocenters. The average Bonchev–Trinajstić information content (AvgIpc) is 3.89. The van der Waals surface area contributed by atoms with Crippen LogP contribution < -0.4 is 0 Å². The molecule has 3 heterocycles. The van der Waals surface area contributed by atoms with E-state index in [4.69, 9.17) is 8.83 Å². The second-order valence-corrected chi connectivity index (χ2v) is 16.1. The molecule has 0 saturated heterocycles. The Labute approximate surface area is 331 Å². The summed E-state index contributed by atoms with van der Waals surface area (Å²) in [6.07, 6.45) is 0. The summed E-state index contributed by atoms with van der Waals surface area (Å²) in [6, 6.07) is 48.6. The monoisotopic (exact) mass is 735 g/mol. The van der Waals surface area contributed by atoms with Gasteiger partial charge in [0, 0.05) is 65.6 Å². The summed E-state index contributed by atoms with van der Waals surface area (Å²) in [5, 5.41) is 6.88. The normalized spacial score (nSPS) is 12.0. The molecule has 0 bridgehead atoms. The largest absolute Gasteiger partial charge is 0.455 e. The Morgan fingerprint density at radius 3 is 1.04 bits per heavy atom. The molecule has 11 rings (SSSR count). The van der Waals surface area contributed by atoms with Crippen LogP contribution in [-0.4, -0.2) is 4.98 Å². The first-order valence-electron chi connectivity index (χ1n) is 19.8. The molecule has 57 heavy (non-hydrogen) atoms. The molecule has 0 fully saturated rings. The fraction of sp³-hybridized carbons (Fsp3) is 0.111. The quantitative estimate of drug-likeness (QED) is 0.196. The minimum atomic E-state index is 0.911. The molecule has 0 radical (unpaired) electrons. The van der Waals surface area contributed by atoms with E-state index in [1.807, 2.05) is 0 Å². The van der Waals surface area contributed by atoms with Crippen LogP contribution in [0.4, 0.5) is 0 Å². The van der Waals surface area contributed by atoms with Crippen molar-refractivity contribution in [2.45, 2.75) is 41.5 Å². The van der Waals surface area contributed by atoms with Crippen LogP contribution >= 0.6 is 0 Å². The third kappa shape index (κ3) is 5.05. The Bertz CT molecular complexity index is 3200. The number of aromatic nitrogens is 1. The number of para-hydroxylation sites is 4. The Morgan fingerprint density at radius 2 is 0.667 bits per heavy atom. The zero-order chi connectivity index (χ0) is 38.7. The van der Waals surface area contributed by atoms with Gasteiger partial charge in [-0.05, 0) is 110 Å². The van der Waals surface area contributed by atoms with E-state index in [2.05, 4.69) is 180 Å². The molecule has 8 aromatic carbocycles. The van der Waals surface area contributed by atoms with Crippen LogP contribution in [0.25, 0.3) is 110 Å². The van der Waals surface area contributed by atoms with Crippen molar-refractivity contribution in [2.24, 2.45) is 0 Å². The van der Waals surface area contributed by atoms with E-state index < -0.39 is 0 Å². The van der Waals surface area contributed by atoms with E-state index >= 15 is 0 Å². The molecular formula is C54H41NO2. The van der Waals surface area contributed by atoms with Crippen molar-refractivity contribution in [2.75, 3.05) is 0 Å². The number of H-pyrrole nitrogens is 1. The maximum Gasteiger partial charge on any atom is 0.143 e. The highest BCUT2D eigenvalue weighted by Crippen LogP contribution is 2.44. The Morgan fingerprint density at radius 1 is 0.333 bits per heavy atom. The number of nitrogens with one attached hydrogen (secondary N) is 1. The predicted molar refractivity (Wildman–Crippen MR) is 241 cm³/mol. The smallest absolute Gasteiger partial charge is 0.143 e. The van der Waals surface area contributed by atoms with Gasteiger partial charge < -0.3 is 13.8 Å². The molecule has 3 heteroatoms. The Balaban J connectivity index is 1.06. The van der Waals surface area contributed by atoms with Crippen molar-refractivity contribution in [3.63, 3.8) is 0 Å². The number of furan rings is 2. The lowest BCUT2D eigenvalue weighted by atomic mass is 9.92. The number of aromatic amines is 1. The van der Waals surface area contributed by atoms with Crippen LogP contribution in [0.15, 0.2) is 142 Å². The van der Waals surface area contributed by atoms with Gasteiger partial charge in [-0.15, -0.1) is 0 Å².